The smallest absolute Gasteiger partial charge is 0.214 e. The normalized spacial score (nSPS) is 17.5. The van der Waals surface area contributed by atoms with E-state index in [0.717, 1.165) is 30.3 Å². The minimum atomic E-state index is -0.393. The lowest BCUT2D eigenvalue weighted by Gasteiger charge is -2.28. The van der Waals surface area contributed by atoms with E-state index in [-0.39, 0.29) is 0 Å². The average molecular weight is 198 g/mol. The SMILES string of the molecule is Fc1cc(N2CCSCC2)ccn1. The maximum atomic E-state index is 12.8. The van der Waals surface area contributed by atoms with Crippen LogP contribution in [0.2, 0.25) is 0 Å². The molecule has 0 amide bonds. The van der Waals surface area contributed by atoms with E-state index in [4.69, 9.17) is 0 Å². The first-order valence-corrected chi connectivity index (χ1v) is 5.46. The molecule has 1 aliphatic rings. The van der Waals surface area contributed by atoms with E-state index < -0.39 is 5.95 Å². The molecule has 1 aliphatic heterocycles. The quantitative estimate of drug-likeness (QED) is 0.640. The number of thioether (sulfide) groups is 1. The van der Waals surface area contributed by atoms with E-state index in [0.29, 0.717) is 0 Å². The summed E-state index contributed by atoms with van der Waals surface area (Å²) in [5, 5.41) is 0. The second-order valence-corrected chi connectivity index (χ2v) is 4.16. The summed E-state index contributed by atoms with van der Waals surface area (Å²) in [5.41, 5.74) is 0.952. The minimum absolute atomic E-state index is 0.393. The summed E-state index contributed by atoms with van der Waals surface area (Å²) in [6.45, 7) is 2.02. The zero-order valence-electron chi connectivity index (χ0n) is 7.24. The number of hydrogen-bond acceptors (Lipinski definition) is 3. The molecule has 0 N–H and O–H groups in total. The van der Waals surface area contributed by atoms with Gasteiger partial charge >= 0.3 is 0 Å². The molecule has 1 aromatic rings. The number of rotatable bonds is 1. The molecule has 0 aliphatic carbocycles. The van der Waals surface area contributed by atoms with Gasteiger partial charge in [-0.3, -0.25) is 0 Å². The Morgan fingerprint density at radius 3 is 2.85 bits per heavy atom. The van der Waals surface area contributed by atoms with Crippen molar-refractivity contribution in [3.05, 3.63) is 24.3 Å². The van der Waals surface area contributed by atoms with Crippen molar-refractivity contribution in [1.29, 1.82) is 0 Å². The summed E-state index contributed by atoms with van der Waals surface area (Å²) in [7, 11) is 0. The lowest BCUT2D eigenvalue weighted by molar-refractivity contribution is 0.583. The molecule has 0 saturated carbocycles. The van der Waals surface area contributed by atoms with Gasteiger partial charge in [-0.05, 0) is 6.07 Å². The van der Waals surface area contributed by atoms with Crippen LogP contribution in [0.5, 0.6) is 0 Å². The van der Waals surface area contributed by atoms with Crippen molar-refractivity contribution in [2.45, 2.75) is 0 Å². The maximum absolute atomic E-state index is 12.8. The molecule has 0 bridgehead atoms. The van der Waals surface area contributed by atoms with E-state index in [1.165, 1.54) is 12.3 Å². The number of nitrogens with zero attached hydrogens (tertiary/aromatic N) is 2. The summed E-state index contributed by atoms with van der Waals surface area (Å²) in [6.07, 6.45) is 1.52. The minimum Gasteiger partial charge on any atom is -0.370 e. The van der Waals surface area contributed by atoms with Crippen LogP contribution in [-0.4, -0.2) is 29.6 Å². The Balaban J connectivity index is 2.14. The fraction of sp³-hybridized carbons (Fsp3) is 0.444. The van der Waals surface area contributed by atoms with Gasteiger partial charge in [0.25, 0.3) is 0 Å². The Morgan fingerprint density at radius 2 is 2.15 bits per heavy atom. The standard InChI is InChI=1S/C9H11FN2S/c10-9-7-8(1-2-11-9)12-3-5-13-6-4-12/h1-2,7H,3-6H2. The summed E-state index contributed by atoms with van der Waals surface area (Å²) in [5.74, 6) is 1.86. The lowest BCUT2D eigenvalue weighted by Crippen LogP contribution is -2.32. The third kappa shape index (κ3) is 2.12. The first kappa shape index (κ1) is 8.81. The van der Waals surface area contributed by atoms with Gasteiger partial charge in [0.2, 0.25) is 5.95 Å². The van der Waals surface area contributed by atoms with E-state index in [9.17, 15) is 4.39 Å². The Morgan fingerprint density at radius 1 is 1.38 bits per heavy atom. The fourth-order valence-electron chi connectivity index (χ4n) is 1.41. The van der Waals surface area contributed by atoms with Crippen LogP contribution in [0.15, 0.2) is 18.3 Å². The average Bonchev–Trinajstić information content (AvgIpc) is 2.19. The summed E-state index contributed by atoms with van der Waals surface area (Å²) in [4.78, 5) is 5.73. The van der Waals surface area contributed by atoms with Crippen molar-refractivity contribution in [2.75, 3.05) is 29.5 Å². The van der Waals surface area contributed by atoms with Crippen molar-refractivity contribution >= 4 is 17.4 Å². The van der Waals surface area contributed by atoms with E-state index >= 15 is 0 Å². The number of halogens is 1. The van der Waals surface area contributed by atoms with Crippen LogP contribution in [0.3, 0.4) is 0 Å². The van der Waals surface area contributed by atoms with Crippen molar-refractivity contribution in [1.82, 2.24) is 4.98 Å². The van der Waals surface area contributed by atoms with Crippen LogP contribution in [0.4, 0.5) is 10.1 Å². The van der Waals surface area contributed by atoms with E-state index in [1.54, 1.807) is 0 Å². The van der Waals surface area contributed by atoms with Gasteiger partial charge in [-0.25, -0.2) is 4.98 Å². The van der Waals surface area contributed by atoms with Crippen LogP contribution < -0.4 is 4.90 Å². The largest absolute Gasteiger partial charge is 0.370 e. The van der Waals surface area contributed by atoms with Gasteiger partial charge in [-0.1, -0.05) is 0 Å². The molecular formula is C9H11FN2S. The second kappa shape index (κ2) is 3.96. The third-order valence-corrected chi connectivity index (χ3v) is 3.03. The van der Waals surface area contributed by atoms with Crippen molar-refractivity contribution in [3.63, 3.8) is 0 Å². The molecule has 13 heavy (non-hydrogen) atoms. The molecule has 0 atom stereocenters. The first-order valence-electron chi connectivity index (χ1n) is 4.30. The predicted octanol–water partition coefficient (Wildman–Crippen LogP) is 1.77. The van der Waals surface area contributed by atoms with E-state index in [2.05, 4.69) is 9.88 Å². The Labute approximate surface area is 81.2 Å². The summed E-state index contributed by atoms with van der Waals surface area (Å²) in [6, 6.07) is 3.36. The van der Waals surface area contributed by atoms with E-state index in [1.807, 2.05) is 17.8 Å². The van der Waals surface area contributed by atoms with Gasteiger partial charge in [0.15, 0.2) is 0 Å². The zero-order chi connectivity index (χ0) is 9.10. The number of aromatic nitrogens is 1. The van der Waals surface area contributed by atoms with Crippen LogP contribution in [-0.2, 0) is 0 Å². The van der Waals surface area contributed by atoms with Crippen molar-refractivity contribution in [3.8, 4) is 0 Å². The van der Waals surface area contributed by atoms with Crippen molar-refractivity contribution in [2.24, 2.45) is 0 Å². The molecular weight excluding hydrogens is 187 g/mol. The topological polar surface area (TPSA) is 16.1 Å². The van der Waals surface area contributed by atoms with Gasteiger partial charge in [0.1, 0.15) is 0 Å². The molecule has 1 fully saturated rings. The highest BCUT2D eigenvalue weighted by Crippen LogP contribution is 2.18. The summed E-state index contributed by atoms with van der Waals surface area (Å²) >= 11 is 1.95. The van der Waals surface area contributed by atoms with Gasteiger partial charge in [0, 0.05) is 42.5 Å². The van der Waals surface area contributed by atoms with Gasteiger partial charge in [-0.2, -0.15) is 16.2 Å². The molecule has 2 rings (SSSR count). The molecule has 0 unspecified atom stereocenters. The Bertz CT molecular complexity index is 287. The third-order valence-electron chi connectivity index (χ3n) is 2.09. The molecule has 1 aromatic heterocycles. The number of anilines is 1. The lowest BCUT2D eigenvalue weighted by atomic mass is 10.3. The molecule has 0 spiro atoms. The van der Waals surface area contributed by atoms with Crippen LogP contribution in [0, 0.1) is 5.95 Å². The molecule has 1 saturated heterocycles. The van der Waals surface area contributed by atoms with Crippen LogP contribution >= 0.6 is 11.8 Å². The molecule has 2 nitrogen and oxygen atoms in total. The van der Waals surface area contributed by atoms with Crippen molar-refractivity contribution < 1.29 is 4.39 Å². The highest BCUT2D eigenvalue weighted by molar-refractivity contribution is 7.99. The van der Waals surface area contributed by atoms with Crippen LogP contribution in [0.1, 0.15) is 0 Å². The first-order chi connectivity index (χ1) is 6.36. The second-order valence-electron chi connectivity index (χ2n) is 2.94. The fourth-order valence-corrected chi connectivity index (χ4v) is 2.31. The van der Waals surface area contributed by atoms with Gasteiger partial charge in [0.05, 0.1) is 0 Å². The van der Waals surface area contributed by atoms with Crippen LogP contribution in [0.25, 0.3) is 0 Å². The Kier molecular flexibility index (Phi) is 2.68. The molecule has 4 heteroatoms. The monoisotopic (exact) mass is 198 g/mol. The molecule has 2 heterocycles. The molecule has 0 aromatic carbocycles. The van der Waals surface area contributed by atoms with Gasteiger partial charge in [-0.15, -0.1) is 0 Å². The highest BCUT2D eigenvalue weighted by Gasteiger charge is 2.11. The molecule has 0 radical (unpaired) electrons. The maximum Gasteiger partial charge on any atom is 0.214 e. The number of pyridine rings is 1. The predicted molar refractivity (Wildman–Crippen MR) is 53.7 cm³/mol. The zero-order valence-corrected chi connectivity index (χ0v) is 8.06. The highest BCUT2D eigenvalue weighted by atomic mass is 32.2. The Hall–Kier alpha value is -0.770. The summed E-state index contributed by atoms with van der Waals surface area (Å²) < 4.78 is 12.8. The molecule has 70 valence electrons. The van der Waals surface area contributed by atoms with Gasteiger partial charge < -0.3 is 4.90 Å². The number of hydrogen-bond donors (Lipinski definition) is 0.